The Morgan fingerprint density at radius 3 is 2.41 bits per heavy atom. The lowest BCUT2D eigenvalue weighted by atomic mass is 10.1. The Kier molecular flexibility index (Phi) is 5.97. The molecule has 1 amide bonds. The van der Waals surface area contributed by atoms with E-state index in [0.717, 1.165) is 28.9 Å². The Balaban J connectivity index is 1.80. The van der Waals surface area contributed by atoms with Crippen LogP contribution in [-0.4, -0.2) is 15.9 Å². The van der Waals surface area contributed by atoms with E-state index in [4.69, 9.17) is 4.98 Å². The van der Waals surface area contributed by atoms with Gasteiger partial charge in [0, 0.05) is 5.56 Å². The molecule has 0 bridgehead atoms. The second-order valence-corrected chi connectivity index (χ2v) is 7.23. The van der Waals surface area contributed by atoms with Crippen LogP contribution in [0.3, 0.4) is 0 Å². The van der Waals surface area contributed by atoms with Crippen LogP contribution in [0.5, 0.6) is 0 Å². The molecule has 0 aliphatic carbocycles. The van der Waals surface area contributed by atoms with Crippen molar-refractivity contribution in [1.29, 1.82) is 0 Å². The number of hydrogen-bond donors (Lipinski definition) is 1. The van der Waals surface area contributed by atoms with Gasteiger partial charge in [-0.2, -0.15) is 0 Å². The van der Waals surface area contributed by atoms with E-state index in [0.29, 0.717) is 18.2 Å². The van der Waals surface area contributed by atoms with Gasteiger partial charge in [0.2, 0.25) is 5.91 Å². The molecule has 1 N–H and O–H groups in total. The first-order chi connectivity index (χ1) is 13.0. The Morgan fingerprint density at radius 2 is 1.74 bits per heavy atom. The van der Waals surface area contributed by atoms with Gasteiger partial charge in [-0.1, -0.05) is 74.0 Å². The summed E-state index contributed by atoms with van der Waals surface area (Å²) in [5.41, 5.74) is 4.83. The average molecular weight is 359 g/mol. The molecule has 0 unspecified atom stereocenters. The number of benzene rings is 2. The van der Waals surface area contributed by atoms with Gasteiger partial charge in [-0.15, -0.1) is 0 Å². The van der Waals surface area contributed by atoms with Crippen LogP contribution in [0, 0.1) is 12.8 Å². The summed E-state index contributed by atoms with van der Waals surface area (Å²) in [5.74, 6) is 0.893. The Bertz CT molecular complexity index is 903. The molecule has 0 fully saturated rings. The molecule has 0 aliphatic rings. The number of nitrogens with zero attached hydrogens (tertiary/aromatic N) is 2. The molecule has 0 saturated heterocycles. The van der Waals surface area contributed by atoms with Gasteiger partial charge in [0.15, 0.2) is 5.82 Å². The lowest BCUT2D eigenvalue weighted by Gasteiger charge is -2.13. The number of nitrogens with one attached hydrogen (secondary N) is 1. The van der Waals surface area contributed by atoms with Crippen LogP contribution < -0.4 is 5.32 Å². The van der Waals surface area contributed by atoms with E-state index in [9.17, 15) is 4.79 Å². The highest BCUT2D eigenvalue weighted by Gasteiger charge is 2.13. The molecule has 0 spiro atoms. The highest BCUT2D eigenvalue weighted by atomic mass is 16.1. The molecule has 3 aromatic rings. The third-order valence-electron chi connectivity index (χ3n) is 4.26. The molecule has 27 heavy (non-hydrogen) atoms. The average Bonchev–Trinajstić information content (AvgIpc) is 2.65. The van der Waals surface area contributed by atoms with Gasteiger partial charge in [-0.25, -0.2) is 9.97 Å². The fourth-order valence-corrected chi connectivity index (χ4v) is 2.88. The van der Waals surface area contributed by atoms with Crippen molar-refractivity contribution in [2.75, 3.05) is 5.32 Å². The van der Waals surface area contributed by atoms with Crippen molar-refractivity contribution in [3.8, 4) is 11.3 Å². The van der Waals surface area contributed by atoms with E-state index < -0.39 is 0 Å². The Morgan fingerprint density at radius 1 is 1.04 bits per heavy atom. The molecule has 4 heteroatoms. The van der Waals surface area contributed by atoms with Crippen LogP contribution in [0.1, 0.15) is 30.7 Å². The zero-order valence-electron chi connectivity index (χ0n) is 16.1. The topological polar surface area (TPSA) is 54.9 Å². The number of aryl methyl sites for hydroxylation is 1. The minimum Gasteiger partial charge on any atom is -0.309 e. The first-order valence-corrected chi connectivity index (χ1v) is 9.28. The summed E-state index contributed by atoms with van der Waals surface area (Å²) in [6.07, 6.45) is 2.80. The number of amides is 1. The maximum Gasteiger partial charge on any atom is 0.229 e. The predicted molar refractivity (Wildman–Crippen MR) is 110 cm³/mol. The highest BCUT2D eigenvalue weighted by Crippen LogP contribution is 2.21. The van der Waals surface area contributed by atoms with Crippen molar-refractivity contribution in [2.24, 2.45) is 5.92 Å². The summed E-state index contributed by atoms with van der Waals surface area (Å²) in [5, 5.41) is 2.95. The van der Waals surface area contributed by atoms with E-state index in [2.05, 4.69) is 24.1 Å². The Hall–Kier alpha value is -3.01. The van der Waals surface area contributed by atoms with Crippen LogP contribution in [0.4, 0.5) is 5.82 Å². The van der Waals surface area contributed by atoms with E-state index in [1.165, 1.54) is 5.56 Å². The van der Waals surface area contributed by atoms with E-state index in [-0.39, 0.29) is 5.91 Å². The maximum absolute atomic E-state index is 12.5. The van der Waals surface area contributed by atoms with Crippen molar-refractivity contribution >= 4 is 11.7 Å². The van der Waals surface area contributed by atoms with Gasteiger partial charge < -0.3 is 5.32 Å². The molecule has 3 rings (SSSR count). The van der Waals surface area contributed by atoms with Crippen molar-refractivity contribution in [3.05, 3.63) is 77.6 Å². The van der Waals surface area contributed by atoms with Crippen molar-refractivity contribution < 1.29 is 4.79 Å². The largest absolute Gasteiger partial charge is 0.309 e. The Labute approximate surface area is 160 Å². The third-order valence-corrected chi connectivity index (χ3v) is 4.26. The van der Waals surface area contributed by atoms with Crippen molar-refractivity contribution in [1.82, 2.24) is 9.97 Å². The fourth-order valence-electron chi connectivity index (χ4n) is 2.88. The van der Waals surface area contributed by atoms with Crippen LogP contribution in [0.2, 0.25) is 0 Å². The number of carbonyl (C=O) groups is 1. The minimum atomic E-state index is -0.0781. The standard InChI is InChI=1S/C23H25N3O/c1-16(2)13-20-23(24-15-21(25-20)19-7-5-4-6-8-19)26-22(27)14-18-11-9-17(3)10-12-18/h4-12,15-16H,13-14H2,1-3H3,(H,24,26,27). The fraction of sp³-hybridized carbons (Fsp3) is 0.261. The molecule has 0 aliphatic heterocycles. The predicted octanol–water partition coefficient (Wildman–Crippen LogP) is 4.83. The van der Waals surface area contributed by atoms with Crippen molar-refractivity contribution in [2.45, 2.75) is 33.6 Å². The molecular weight excluding hydrogens is 334 g/mol. The van der Waals surface area contributed by atoms with Gasteiger partial charge in [0.1, 0.15) is 0 Å². The molecule has 1 heterocycles. The number of aromatic nitrogens is 2. The summed E-state index contributed by atoms with van der Waals surface area (Å²) in [7, 11) is 0. The smallest absolute Gasteiger partial charge is 0.229 e. The van der Waals surface area contributed by atoms with Gasteiger partial charge in [0.25, 0.3) is 0 Å². The van der Waals surface area contributed by atoms with E-state index in [1.807, 2.05) is 61.5 Å². The van der Waals surface area contributed by atoms with E-state index in [1.54, 1.807) is 6.20 Å². The van der Waals surface area contributed by atoms with E-state index >= 15 is 0 Å². The molecular formula is C23H25N3O. The molecule has 4 nitrogen and oxygen atoms in total. The van der Waals surface area contributed by atoms with Gasteiger partial charge in [-0.3, -0.25) is 4.79 Å². The summed E-state index contributed by atoms with van der Waals surface area (Å²) < 4.78 is 0. The molecule has 0 radical (unpaired) electrons. The normalized spacial score (nSPS) is 10.8. The number of anilines is 1. The number of rotatable bonds is 6. The summed E-state index contributed by atoms with van der Waals surface area (Å²) in [6.45, 7) is 6.30. The molecule has 1 aromatic heterocycles. The third kappa shape index (κ3) is 5.23. The maximum atomic E-state index is 12.5. The molecule has 138 valence electrons. The van der Waals surface area contributed by atoms with Gasteiger partial charge in [-0.05, 0) is 24.8 Å². The van der Waals surface area contributed by atoms with Crippen LogP contribution in [-0.2, 0) is 17.6 Å². The van der Waals surface area contributed by atoms with Crippen LogP contribution >= 0.6 is 0 Å². The van der Waals surface area contributed by atoms with Crippen LogP contribution in [0.25, 0.3) is 11.3 Å². The first kappa shape index (κ1) is 18.8. The zero-order chi connectivity index (χ0) is 19.2. The van der Waals surface area contributed by atoms with Gasteiger partial charge in [0.05, 0.1) is 24.0 Å². The quantitative estimate of drug-likeness (QED) is 0.686. The van der Waals surface area contributed by atoms with Crippen LogP contribution in [0.15, 0.2) is 60.8 Å². The lowest BCUT2D eigenvalue weighted by molar-refractivity contribution is -0.115. The molecule has 0 saturated carbocycles. The summed E-state index contributed by atoms with van der Waals surface area (Å²) >= 11 is 0. The summed E-state index contributed by atoms with van der Waals surface area (Å²) in [6, 6.07) is 18.0. The SMILES string of the molecule is Cc1ccc(CC(=O)Nc2ncc(-c3ccccc3)nc2CC(C)C)cc1. The number of hydrogen-bond acceptors (Lipinski definition) is 3. The lowest BCUT2D eigenvalue weighted by Crippen LogP contribution is -2.18. The number of carbonyl (C=O) groups excluding carboxylic acids is 1. The second-order valence-electron chi connectivity index (χ2n) is 7.23. The second kappa shape index (κ2) is 8.58. The molecule has 2 aromatic carbocycles. The zero-order valence-corrected chi connectivity index (χ0v) is 16.1. The highest BCUT2D eigenvalue weighted by molar-refractivity contribution is 5.92. The molecule has 0 atom stereocenters. The first-order valence-electron chi connectivity index (χ1n) is 9.28. The monoisotopic (exact) mass is 359 g/mol. The van der Waals surface area contributed by atoms with Gasteiger partial charge >= 0.3 is 0 Å². The summed E-state index contributed by atoms with van der Waals surface area (Å²) in [4.78, 5) is 21.8. The van der Waals surface area contributed by atoms with Crippen molar-refractivity contribution in [3.63, 3.8) is 0 Å². The minimum absolute atomic E-state index is 0.0781.